The molecule has 0 aliphatic carbocycles. The van der Waals surface area contributed by atoms with Crippen LogP contribution in [0.15, 0.2) is 54.6 Å². The van der Waals surface area contributed by atoms with Crippen molar-refractivity contribution in [3.63, 3.8) is 0 Å². The number of phenolic OH excluding ortho intramolecular Hbond substituents is 1. The Balaban J connectivity index is 1.59. The molecule has 2 atom stereocenters. The number of benzene rings is 2. The fourth-order valence-electron chi connectivity index (χ4n) is 3.40. The molecular weight excluding hydrogens is 388 g/mol. The summed E-state index contributed by atoms with van der Waals surface area (Å²) in [6.45, 7) is 0.477. The topological polar surface area (TPSA) is 116 Å². The van der Waals surface area contributed by atoms with Crippen LogP contribution in [0.2, 0.25) is 0 Å². The van der Waals surface area contributed by atoms with E-state index in [9.17, 15) is 24.6 Å². The molecule has 1 saturated heterocycles. The molecule has 3 rings (SSSR count). The van der Waals surface area contributed by atoms with Crippen molar-refractivity contribution in [2.75, 3.05) is 6.54 Å². The maximum atomic E-state index is 12.7. The van der Waals surface area contributed by atoms with Crippen LogP contribution in [-0.4, -0.2) is 51.7 Å². The Hall–Kier alpha value is -3.55. The number of phenols is 1. The van der Waals surface area contributed by atoms with Crippen LogP contribution >= 0.6 is 0 Å². The number of carboxylic acids is 1. The first-order chi connectivity index (χ1) is 14.4. The summed E-state index contributed by atoms with van der Waals surface area (Å²) in [7, 11) is 0. The van der Waals surface area contributed by atoms with Crippen molar-refractivity contribution in [1.29, 1.82) is 0 Å². The summed E-state index contributed by atoms with van der Waals surface area (Å²) in [6, 6.07) is 13.4. The molecule has 0 saturated carbocycles. The fourth-order valence-corrected chi connectivity index (χ4v) is 3.40. The van der Waals surface area contributed by atoms with E-state index in [0.29, 0.717) is 24.9 Å². The Kier molecular flexibility index (Phi) is 6.90. The second-order valence-electron chi connectivity index (χ2n) is 7.16. The van der Waals surface area contributed by atoms with E-state index in [4.69, 9.17) is 4.74 Å². The van der Waals surface area contributed by atoms with Crippen LogP contribution in [0.3, 0.4) is 0 Å². The first kappa shape index (κ1) is 21.2. The van der Waals surface area contributed by atoms with E-state index in [1.54, 1.807) is 12.1 Å². The summed E-state index contributed by atoms with van der Waals surface area (Å²) < 4.78 is 5.32. The van der Waals surface area contributed by atoms with Crippen molar-refractivity contribution >= 4 is 18.0 Å². The lowest BCUT2D eigenvalue weighted by Gasteiger charge is -2.25. The van der Waals surface area contributed by atoms with E-state index in [1.165, 1.54) is 17.0 Å². The number of aromatic hydroxyl groups is 1. The molecule has 158 valence electrons. The number of nitrogens with one attached hydrogen (secondary N) is 1. The largest absolute Gasteiger partial charge is 0.508 e. The van der Waals surface area contributed by atoms with Crippen molar-refractivity contribution in [2.45, 2.75) is 38.0 Å². The van der Waals surface area contributed by atoms with Crippen LogP contribution in [0.5, 0.6) is 5.75 Å². The maximum Gasteiger partial charge on any atom is 0.410 e. The van der Waals surface area contributed by atoms with Crippen molar-refractivity contribution in [3.05, 3.63) is 65.7 Å². The van der Waals surface area contributed by atoms with Crippen LogP contribution in [0.1, 0.15) is 24.0 Å². The molecule has 1 aliphatic heterocycles. The van der Waals surface area contributed by atoms with Gasteiger partial charge in [0.2, 0.25) is 5.91 Å². The molecule has 1 fully saturated rings. The zero-order chi connectivity index (χ0) is 21.5. The van der Waals surface area contributed by atoms with E-state index in [2.05, 4.69) is 5.32 Å². The molecule has 0 spiro atoms. The Morgan fingerprint density at radius 2 is 1.77 bits per heavy atom. The third-order valence-corrected chi connectivity index (χ3v) is 4.99. The standard InChI is InChI=1S/C22H24N2O6/c25-17-10-8-15(9-11-17)13-18(21(27)28)23-20(26)19-7-4-12-24(19)22(29)30-14-16-5-2-1-3-6-16/h1-3,5-6,8-11,18-19,25H,4,7,12-14H2,(H,23,26)(H,27,28)/t18-,19-/m0/s1. The molecule has 8 heteroatoms. The van der Waals surface area contributed by atoms with Gasteiger partial charge >= 0.3 is 12.1 Å². The molecule has 0 bridgehead atoms. The quantitative estimate of drug-likeness (QED) is 0.643. The van der Waals surface area contributed by atoms with Crippen molar-refractivity contribution < 1.29 is 29.3 Å². The average Bonchev–Trinajstić information content (AvgIpc) is 3.24. The highest BCUT2D eigenvalue weighted by atomic mass is 16.6. The van der Waals surface area contributed by atoms with Crippen LogP contribution < -0.4 is 5.32 Å². The highest BCUT2D eigenvalue weighted by Gasteiger charge is 2.36. The molecular formula is C22H24N2O6. The van der Waals surface area contributed by atoms with Crippen LogP contribution in [0, 0.1) is 0 Å². The average molecular weight is 412 g/mol. The second kappa shape index (κ2) is 9.78. The zero-order valence-corrected chi connectivity index (χ0v) is 16.4. The molecule has 8 nitrogen and oxygen atoms in total. The number of carbonyl (C=O) groups is 3. The lowest BCUT2D eigenvalue weighted by Crippen LogP contribution is -2.51. The summed E-state index contributed by atoms with van der Waals surface area (Å²) in [4.78, 5) is 38.2. The van der Waals surface area contributed by atoms with Gasteiger partial charge in [-0.05, 0) is 36.1 Å². The van der Waals surface area contributed by atoms with Crippen molar-refractivity contribution in [1.82, 2.24) is 10.2 Å². The number of aliphatic carboxylic acids is 1. The van der Waals surface area contributed by atoms with Crippen LogP contribution in [0.25, 0.3) is 0 Å². The Bertz CT molecular complexity index is 884. The monoisotopic (exact) mass is 412 g/mol. The molecule has 0 radical (unpaired) electrons. The minimum atomic E-state index is -1.17. The van der Waals surface area contributed by atoms with Crippen LogP contribution in [0.4, 0.5) is 4.79 Å². The van der Waals surface area contributed by atoms with Gasteiger partial charge in [-0.1, -0.05) is 42.5 Å². The van der Waals surface area contributed by atoms with Crippen molar-refractivity contribution in [2.24, 2.45) is 0 Å². The summed E-state index contributed by atoms with van der Waals surface area (Å²) >= 11 is 0. The van der Waals surface area contributed by atoms with Gasteiger partial charge in [-0.15, -0.1) is 0 Å². The Labute approximate surface area is 174 Å². The lowest BCUT2D eigenvalue weighted by atomic mass is 10.0. The summed E-state index contributed by atoms with van der Waals surface area (Å²) in [5.74, 6) is -1.62. The normalized spacial score (nSPS) is 16.7. The maximum absolute atomic E-state index is 12.7. The number of carbonyl (C=O) groups excluding carboxylic acids is 2. The number of hydrogen-bond acceptors (Lipinski definition) is 5. The van der Waals surface area contributed by atoms with Crippen LogP contribution in [-0.2, 0) is 27.4 Å². The highest BCUT2D eigenvalue weighted by molar-refractivity contribution is 5.89. The predicted molar refractivity (Wildman–Crippen MR) is 108 cm³/mol. The number of hydrogen-bond donors (Lipinski definition) is 3. The zero-order valence-electron chi connectivity index (χ0n) is 16.4. The molecule has 0 unspecified atom stereocenters. The Morgan fingerprint density at radius 3 is 2.43 bits per heavy atom. The fraction of sp³-hybridized carbons (Fsp3) is 0.318. The molecule has 0 aromatic heterocycles. The summed E-state index contributed by atoms with van der Waals surface area (Å²) in [5.41, 5.74) is 1.50. The van der Waals surface area contributed by atoms with E-state index < -0.39 is 30.1 Å². The number of ether oxygens (including phenoxy) is 1. The molecule has 1 aliphatic rings. The van der Waals surface area contributed by atoms with Gasteiger partial charge in [-0.2, -0.15) is 0 Å². The summed E-state index contributed by atoms with van der Waals surface area (Å²) in [5, 5.41) is 21.4. The molecule has 2 amide bonds. The van der Waals surface area contributed by atoms with Gasteiger partial charge in [0.1, 0.15) is 24.4 Å². The van der Waals surface area contributed by atoms with Gasteiger partial charge in [-0.25, -0.2) is 9.59 Å². The van der Waals surface area contributed by atoms with Gasteiger partial charge in [0.25, 0.3) is 0 Å². The Morgan fingerprint density at radius 1 is 1.07 bits per heavy atom. The van der Waals surface area contributed by atoms with Gasteiger partial charge in [-0.3, -0.25) is 9.69 Å². The van der Waals surface area contributed by atoms with E-state index in [-0.39, 0.29) is 18.8 Å². The van der Waals surface area contributed by atoms with E-state index in [0.717, 1.165) is 5.56 Å². The van der Waals surface area contributed by atoms with Crippen molar-refractivity contribution in [3.8, 4) is 5.75 Å². The lowest BCUT2D eigenvalue weighted by molar-refractivity contribution is -0.142. The number of rotatable bonds is 7. The van der Waals surface area contributed by atoms with E-state index >= 15 is 0 Å². The molecule has 3 N–H and O–H groups in total. The predicted octanol–water partition coefficient (Wildman–Crippen LogP) is 2.31. The first-order valence-corrected chi connectivity index (χ1v) is 9.72. The minimum Gasteiger partial charge on any atom is -0.508 e. The third-order valence-electron chi connectivity index (χ3n) is 4.99. The minimum absolute atomic E-state index is 0.0620. The van der Waals surface area contributed by atoms with Gasteiger partial charge in [0.05, 0.1) is 0 Å². The summed E-state index contributed by atoms with van der Waals surface area (Å²) in [6.07, 6.45) is 0.542. The SMILES string of the molecule is O=C(O)[C@H](Cc1ccc(O)cc1)NC(=O)[C@@H]1CCCN1C(=O)OCc1ccccc1. The molecule has 2 aromatic rings. The second-order valence-corrected chi connectivity index (χ2v) is 7.16. The number of amides is 2. The highest BCUT2D eigenvalue weighted by Crippen LogP contribution is 2.20. The molecule has 1 heterocycles. The number of carboxylic acid groups (broad SMARTS) is 1. The molecule has 30 heavy (non-hydrogen) atoms. The number of likely N-dealkylation sites (tertiary alicyclic amines) is 1. The van der Waals surface area contributed by atoms with E-state index in [1.807, 2.05) is 30.3 Å². The smallest absolute Gasteiger partial charge is 0.410 e. The molecule has 2 aromatic carbocycles. The number of nitrogens with zero attached hydrogens (tertiary/aromatic N) is 1. The first-order valence-electron chi connectivity index (χ1n) is 9.72. The van der Waals surface area contributed by atoms with Gasteiger partial charge in [0.15, 0.2) is 0 Å². The third kappa shape index (κ3) is 5.50. The van der Waals surface area contributed by atoms with Gasteiger partial charge in [0, 0.05) is 13.0 Å². The van der Waals surface area contributed by atoms with Gasteiger partial charge < -0.3 is 20.3 Å².